The third-order valence-electron chi connectivity index (χ3n) is 3.65. The first-order valence-electron chi connectivity index (χ1n) is 8.18. The van der Waals surface area contributed by atoms with E-state index in [9.17, 15) is 4.79 Å². The molecular weight excluding hydrogens is 260 g/mol. The Bertz CT molecular complexity index is 429. The van der Waals surface area contributed by atoms with E-state index in [-0.39, 0.29) is 11.4 Å². The van der Waals surface area contributed by atoms with Crippen molar-refractivity contribution in [2.24, 2.45) is 0 Å². The van der Waals surface area contributed by atoms with Crippen LogP contribution in [0.15, 0.2) is 24.3 Å². The Balaban J connectivity index is 2.31. The predicted octanol–water partition coefficient (Wildman–Crippen LogP) is 5.04. The zero-order valence-corrected chi connectivity index (χ0v) is 14.1. The molecule has 0 aliphatic heterocycles. The standard InChI is InChI=1S/C19H30O2/c1-5-6-7-14-21-18(20)13-9-11-16-10-8-12-17(15-16)19(2,3)4/h8,10,12,15H,5-7,9,11,13-14H2,1-4H3. The molecule has 0 saturated heterocycles. The monoisotopic (exact) mass is 290 g/mol. The van der Waals surface area contributed by atoms with Gasteiger partial charge in [-0.3, -0.25) is 4.79 Å². The molecule has 0 spiro atoms. The van der Waals surface area contributed by atoms with Crippen LogP contribution in [-0.2, 0) is 21.4 Å². The van der Waals surface area contributed by atoms with E-state index >= 15 is 0 Å². The van der Waals surface area contributed by atoms with E-state index in [0.29, 0.717) is 13.0 Å². The molecule has 118 valence electrons. The molecule has 0 bridgehead atoms. The van der Waals surface area contributed by atoms with Crippen molar-refractivity contribution in [2.75, 3.05) is 6.61 Å². The molecule has 1 rings (SSSR count). The van der Waals surface area contributed by atoms with E-state index in [1.54, 1.807) is 0 Å². The fourth-order valence-electron chi connectivity index (χ4n) is 2.24. The summed E-state index contributed by atoms with van der Waals surface area (Å²) in [7, 11) is 0. The van der Waals surface area contributed by atoms with Crippen molar-refractivity contribution in [1.82, 2.24) is 0 Å². The quantitative estimate of drug-likeness (QED) is 0.495. The first kappa shape index (κ1) is 17.7. The average molecular weight is 290 g/mol. The summed E-state index contributed by atoms with van der Waals surface area (Å²) in [6.45, 7) is 9.39. The number of rotatable bonds is 8. The van der Waals surface area contributed by atoms with E-state index in [1.807, 2.05) is 0 Å². The molecule has 0 radical (unpaired) electrons. The smallest absolute Gasteiger partial charge is 0.305 e. The van der Waals surface area contributed by atoms with E-state index in [0.717, 1.165) is 32.1 Å². The normalized spacial score (nSPS) is 11.4. The number of carbonyl (C=O) groups is 1. The van der Waals surface area contributed by atoms with E-state index < -0.39 is 0 Å². The fraction of sp³-hybridized carbons (Fsp3) is 0.632. The second-order valence-electron chi connectivity index (χ2n) is 6.73. The lowest BCUT2D eigenvalue weighted by atomic mass is 9.86. The Kier molecular flexibility index (Phi) is 7.49. The van der Waals surface area contributed by atoms with Gasteiger partial charge in [-0.15, -0.1) is 0 Å². The molecule has 0 N–H and O–H groups in total. The minimum atomic E-state index is -0.0573. The molecule has 1 aromatic carbocycles. The van der Waals surface area contributed by atoms with Gasteiger partial charge >= 0.3 is 5.97 Å². The van der Waals surface area contributed by atoms with Gasteiger partial charge in [-0.2, -0.15) is 0 Å². The molecule has 1 aromatic rings. The summed E-state index contributed by atoms with van der Waals surface area (Å²) in [6.07, 6.45) is 5.59. The van der Waals surface area contributed by atoms with Gasteiger partial charge in [0.05, 0.1) is 6.61 Å². The summed E-state index contributed by atoms with van der Waals surface area (Å²) >= 11 is 0. The zero-order chi connectivity index (χ0) is 15.7. The van der Waals surface area contributed by atoms with Crippen LogP contribution >= 0.6 is 0 Å². The third kappa shape index (κ3) is 7.31. The maximum absolute atomic E-state index is 11.6. The van der Waals surface area contributed by atoms with Crippen molar-refractivity contribution in [2.45, 2.75) is 71.6 Å². The molecule has 0 unspecified atom stereocenters. The number of ether oxygens (including phenoxy) is 1. The van der Waals surface area contributed by atoms with Crippen LogP contribution in [0.4, 0.5) is 0 Å². The van der Waals surface area contributed by atoms with Crippen LogP contribution < -0.4 is 0 Å². The molecule has 0 amide bonds. The van der Waals surface area contributed by atoms with Gasteiger partial charge in [0, 0.05) is 6.42 Å². The number of unbranched alkanes of at least 4 members (excludes halogenated alkanes) is 2. The topological polar surface area (TPSA) is 26.3 Å². The second kappa shape index (κ2) is 8.86. The summed E-state index contributed by atoms with van der Waals surface area (Å²) in [4.78, 5) is 11.6. The first-order chi connectivity index (χ1) is 9.93. The molecule has 21 heavy (non-hydrogen) atoms. The van der Waals surface area contributed by atoms with Crippen LogP contribution in [-0.4, -0.2) is 12.6 Å². The lowest BCUT2D eigenvalue weighted by Crippen LogP contribution is -2.11. The molecular formula is C19H30O2. The van der Waals surface area contributed by atoms with Crippen molar-refractivity contribution >= 4 is 5.97 Å². The van der Waals surface area contributed by atoms with E-state index in [4.69, 9.17) is 4.74 Å². The lowest BCUT2D eigenvalue weighted by molar-refractivity contribution is -0.143. The van der Waals surface area contributed by atoms with Gasteiger partial charge in [-0.05, 0) is 35.8 Å². The van der Waals surface area contributed by atoms with Crippen LogP contribution in [0.3, 0.4) is 0 Å². The molecule has 0 heterocycles. The SMILES string of the molecule is CCCCCOC(=O)CCCc1cccc(C(C)(C)C)c1. The number of esters is 1. The highest BCUT2D eigenvalue weighted by Crippen LogP contribution is 2.23. The van der Waals surface area contributed by atoms with Crippen molar-refractivity contribution in [3.05, 3.63) is 35.4 Å². The minimum Gasteiger partial charge on any atom is -0.466 e. The van der Waals surface area contributed by atoms with Crippen LogP contribution in [0.2, 0.25) is 0 Å². The molecule has 0 saturated carbocycles. The molecule has 2 heteroatoms. The molecule has 0 aliphatic carbocycles. The molecule has 0 fully saturated rings. The highest BCUT2D eigenvalue weighted by Gasteiger charge is 2.13. The van der Waals surface area contributed by atoms with Crippen LogP contribution in [0.5, 0.6) is 0 Å². The Hall–Kier alpha value is -1.31. The Morgan fingerprint density at radius 2 is 1.90 bits per heavy atom. The number of benzene rings is 1. The summed E-state index contributed by atoms with van der Waals surface area (Å²) in [5, 5.41) is 0. The van der Waals surface area contributed by atoms with Crippen molar-refractivity contribution in [3.8, 4) is 0 Å². The lowest BCUT2D eigenvalue weighted by Gasteiger charge is -2.19. The summed E-state index contributed by atoms with van der Waals surface area (Å²) in [6, 6.07) is 8.68. The van der Waals surface area contributed by atoms with Gasteiger partial charge in [0.2, 0.25) is 0 Å². The van der Waals surface area contributed by atoms with Crippen LogP contribution in [0, 0.1) is 0 Å². The molecule has 0 atom stereocenters. The van der Waals surface area contributed by atoms with Crippen LogP contribution in [0.25, 0.3) is 0 Å². The van der Waals surface area contributed by atoms with Gasteiger partial charge in [-0.25, -0.2) is 0 Å². The summed E-state index contributed by atoms with van der Waals surface area (Å²) in [5.74, 6) is -0.0573. The summed E-state index contributed by atoms with van der Waals surface area (Å²) < 4.78 is 5.22. The highest BCUT2D eigenvalue weighted by molar-refractivity contribution is 5.69. The van der Waals surface area contributed by atoms with Crippen LogP contribution in [0.1, 0.15) is 70.9 Å². The van der Waals surface area contributed by atoms with Crippen molar-refractivity contribution < 1.29 is 9.53 Å². The fourth-order valence-corrected chi connectivity index (χ4v) is 2.24. The van der Waals surface area contributed by atoms with Crippen molar-refractivity contribution in [3.63, 3.8) is 0 Å². The minimum absolute atomic E-state index is 0.0573. The number of carbonyl (C=O) groups excluding carboxylic acids is 1. The largest absolute Gasteiger partial charge is 0.466 e. The van der Waals surface area contributed by atoms with Gasteiger partial charge in [0.15, 0.2) is 0 Å². The molecule has 0 aromatic heterocycles. The Labute approximate surface area is 129 Å². The average Bonchev–Trinajstić information content (AvgIpc) is 2.43. The van der Waals surface area contributed by atoms with E-state index in [2.05, 4.69) is 52.0 Å². The maximum atomic E-state index is 11.6. The predicted molar refractivity (Wildman–Crippen MR) is 88.6 cm³/mol. The zero-order valence-electron chi connectivity index (χ0n) is 14.1. The van der Waals surface area contributed by atoms with Crippen molar-refractivity contribution in [1.29, 1.82) is 0 Å². The number of hydrogen-bond donors (Lipinski definition) is 0. The number of aryl methyl sites for hydroxylation is 1. The maximum Gasteiger partial charge on any atom is 0.305 e. The van der Waals surface area contributed by atoms with E-state index in [1.165, 1.54) is 11.1 Å². The number of hydrogen-bond acceptors (Lipinski definition) is 2. The molecule has 0 aliphatic rings. The second-order valence-corrected chi connectivity index (χ2v) is 6.73. The summed E-state index contributed by atoms with van der Waals surface area (Å²) in [5.41, 5.74) is 2.83. The Morgan fingerprint density at radius 1 is 1.14 bits per heavy atom. The third-order valence-corrected chi connectivity index (χ3v) is 3.65. The van der Waals surface area contributed by atoms with Gasteiger partial charge < -0.3 is 4.74 Å². The highest BCUT2D eigenvalue weighted by atomic mass is 16.5. The molecule has 2 nitrogen and oxygen atoms in total. The van der Waals surface area contributed by atoms with Gasteiger partial charge in [0.25, 0.3) is 0 Å². The van der Waals surface area contributed by atoms with Gasteiger partial charge in [-0.1, -0.05) is 64.8 Å². The van der Waals surface area contributed by atoms with Gasteiger partial charge in [0.1, 0.15) is 0 Å². The first-order valence-corrected chi connectivity index (χ1v) is 8.18. The Morgan fingerprint density at radius 3 is 2.57 bits per heavy atom.